The molecule has 0 saturated heterocycles. The molecule has 0 N–H and O–H groups in total. The highest BCUT2D eigenvalue weighted by atomic mass is 16.5. The van der Waals surface area contributed by atoms with Crippen LogP contribution >= 0.6 is 0 Å². The molecule has 0 bridgehead atoms. The number of nitrogens with zero attached hydrogens (tertiary/aromatic N) is 1. The van der Waals surface area contributed by atoms with Crippen LogP contribution in [0.1, 0.15) is 50.7 Å². The molecule has 2 rings (SSSR count). The van der Waals surface area contributed by atoms with Gasteiger partial charge in [0, 0.05) is 11.1 Å². The predicted octanol–water partition coefficient (Wildman–Crippen LogP) is 6.00. The van der Waals surface area contributed by atoms with Crippen molar-refractivity contribution in [3.8, 4) is 17.2 Å². The first-order valence-corrected chi connectivity index (χ1v) is 9.57. The third kappa shape index (κ3) is 5.31. The molecule has 2 aromatic rings. The lowest BCUT2D eigenvalue weighted by atomic mass is 9.93. The summed E-state index contributed by atoms with van der Waals surface area (Å²) in [4.78, 5) is 12.5. The van der Waals surface area contributed by atoms with E-state index in [0.29, 0.717) is 23.7 Å². The third-order valence-electron chi connectivity index (χ3n) is 4.83. The highest BCUT2D eigenvalue weighted by Gasteiger charge is 2.19. The van der Waals surface area contributed by atoms with Gasteiger partial charge in [-0.2, -0.15) is 5.26 Å². The summed E-state index contributed by atoms with van der Waals surface area (Å²) in [6, 6.07) is 17.4. The van der Waals surface area contributed by atoms with Crippen LogP contribution in [-0.2, 0) is 9.53 Å². The summed E-state index contributed by atoms with van der Waals surface area (Å²) in [5.41, 5.74) is 2.94. The largest absolute Gasteiger partial charge is 0.462 e. The molecule has 0 aliphatic carbocycles. The maximum Gasteiger partial charge on any atom is 0.338 e. The fourth-order valence-electron chi connectivity index (χ4n) is 3.07. The van der Waals surface area contributed by atoms with E-state index in [2.05, 4.69) is 26.5 Å². The van der Waals surface area contributed by atoms with Gasteiger partial charge in [-0.3, -0.25) is 0 Å². The number of ether oxygens (including phenoxy) is 1. The van der Waals surface area contributed by atoms with Gasteiger partial charge in [0.15, 0.2) is 0 Å². The minimum absolute atomic E-state index is 0.231. The van der Waals surface area contributed by atoms with Gasteiger partial charge in [0.2, 0.25) is 0 Å². The molecule has 0 saturated carbocycles. The molecular weight excluding hydrogens is 334 g/mol. The Balaban J connectivity index is 2.19. The SMILES string of the molecule is C=C(C(=O)OCC(CC)CCCC)c1cccc(-c2ccccc2)c1C#N. The molecule has 3 heteroatoms. The molecule has 0 spiro atoms. The zero-order valence-corrected chi connectivity index (χ0v) is 16.2. The third-order valence-corrected chi connectivity index (χ3v) is 4.83. The summed E-state index contributed by atoms with van der Waals surface area (Å²) in [7, 11) is 0. The lowest BCUT2D eigenvalue weighted by Gasteiger charge is -2.16. The van der Waals surface area contributed by atoms with Gasteiger partial charge in [-0.25, -0.2) is 4.79 Å². The van der Waals surface area contributed by atoms with Crippen LogP contribution in [-0.4, -0.2) is 12.6 Å². The minimum atomic E-state index is -0.452. The van der Waals surface area contributed by atoms with Gasteiger partial charge in [0.1, 0.15) is 6.07 Å². The second-order valence-electron chi connectivity index (χ2n) is 6.70. The van der Waals surface area contributed by atoms with Crippen molar-refractivity contribution in [2.45, 2.75) is 39.5 Å². The van der Waals surface area contributed by atoms with Crippen molar-refractivity contribution in [3.63, 3.8) is 0 Å². The normalized spacial score (nSPS) is 11.4. The Morgan fingerprint density at radius 3 is 2.52 bits per heavy atom. The van der Waals surface area contributed by atoms with Crippen molar-refractivity contribution in [2.24, 2.45) is 5.92 Å². The Bertz CT molecular complexity index is 818. The summed E-state index contributed by atoms with van der Waals surface area (Å²) in [6.07, 6.45) is 4.30. The van der Waals surface area contributed by atoms with Crippen molar-refractivity contribution in [1.82, 2.24) is 0 Å². The standard InChI is InChI=1S/C24H27NO2/c1-4-6-11-19(5-2)17-27-24(26)18(3)21-14-10-15-22(23(21)16-25)20-12-8-7-9-13-20/h7-10,12-15,19H,3-6,11,17H2,1-2H3. The Morgan fingerprint density at radius 2 is 1.89 bits per heavy atom. The molecule has 0 heterocycles. The van der Waals surface area contributed by atoms with Crippen molar-refractivity contribution < 1.29 is 9.53 Å². The van der Waals surface area contributed by atoms with Gasteiger partial charge in [-0.05, 0) is 17.9 Å². The molecule has 140 valence electrons. The summed E-state index contributed by atoms with van der Waals surface area (Å²) < 4.78 is 5.51. The van der Waals surface area contributed by atoms with E-state index in [1.165, 1.54) is 0 Å². The van der Waals surface area contributed by atoms with Crippen LogP contribution in [0.4, 0.5) is 0 Å². The van der Waals surface area contributed by atoms with Crippen molar-refractivity contribution >= 4 is 11.5 Å². The highest BCUT2D eigenvalue weighted by molar-refractivity contribution is 6.16. The summed E-state index contributed by atoms with van der Waals surface area (Å²) in [5, 5.41) is 9.70. The van der Waals surface area contributed by atoms with Gasteiger partial charge in [-0.1, -0.05) is 88.2 Å². The Labute approximate surface area is 162 Å². The van der Waals surface area contributed by atoms with Crippen molar-refractivity contribution in [2.75, 3.05) is 6.61 Å². The van der Waals surface area contributed by atoms with E-state index in [0.717, 1.165) is 36.8 Å². The van der Waals surface area contributed by atoms with Gasteiger partial charge >= 0.3 is 5.97 Å². The van der Waals surface area contributed by atoms with Crippen LogP contribution in [0.5, 0.6) is 0 Å². The van der Waals surface area contributed by atoms with Crippen LogP contribution in [0.15, 0.2) is 55.1 Å². The molecule has 0 amide bonds. The lowest BCUT2D eigenvalue weighted by Crippen LogP contribution is -2.15. The number of hydrogen-bond donors (Lipinski definition) is 0. The Morgan fingerprint density at radius 1 is 1.15 bits per heavy atom. The number of nitriles is 1. The zero-order valence-electron chi connectivity index (χ0n) is 16.2. The van der Waals surface area contributed by atoms with Crippen LogP contribution in [0.2, 0.25) is 0 Å². The predicted molar refractivity (Wildman–Crippen MR) is 110 cm³/mol. The first-order chi connectivity index (χ1) is 13.1. The van der Waals surface area contributed by atoms with Crippen LogP contribution in [0.3, 0.4) is 0 Å². The van der Waals surface area contributed by atoms with Gasteiger partial charge < -0.3 is 4.74 Å². The van der Waals surface area contributed by atoms with Crippen LogP contribution in [0, 0.1) is 17.2 Å². The van der Waals surface area contributed by atoms with Gasteiger partial charge in [-0.15, -0.1) is 0 Å². The van der Waals surface area contributed by atoms with Gasteiger partial charge in [0.25, 0.3) is 0 Å². The molecule has 27 heavy (non-hydrogen) atoms. The molecule has 0 radical (unpaired) electrons. The lowest BCUT2D eigenvalue weighted by molar-refractivity contribution is -0.138. The number of unbranched alkanes of at least 4 members (excludes halogenated alkanes) is 1. The van der Waals surface area contributed by atoms with E-state index in [9.17, 15) is 10.1 Å². The summed E-state index contributed by atoms with van der Waals surface area (Å²) in [6.45, 7) is 8.57. The number of hydrogen-bond acceptors (Lipinski definition) is 3. The molecule has 1 unspecified atom stereocenters. The average Bonchev–Trinajstić information content (AvgIpc) is 2.73. The minimum Gasteiger partial charge on any atom is -0.462 e. The maximum atomic E-state index is 12.5. The molecule has 0 aromatic heterocycles. The first kappa shape index (κ1) is 20.5. The quantitative estimate of drug-likeness (QED) is 0.407. The number of carbonyl (C=O) groups is 1. The van der Waals surface area contributed by atoms with E-state index in [4.69, 9.17) is 4.74 Å². The van der Waals surface area contributed by atoms with Crippen molar-refractivity contribution in [3.05, 3.63) is 66.2 Å². The zero-order chi connectivity index (χ0) is 19.6. The van der Waals surface area contributed by atoms with Gasteiger partial charge in [0.05, 0.1) is 17.7 Å². The Hall–Kier alpha value is -2.86. The second kappa shape index (κ2) is 10.3. The fraction of sp³-hybridized carbons (Fsp3) is 0.333. The average molecular weight is 361 g/mol. The first-order valence-electron chi connectivity index (χ1n) is 9.57. The van der Waals surface area contributed by atoms with Crippen molar-refractivity contribution in [1.29, 1.82) is 5.26 Å². The maximum absolute atomic E-state index is 12.5. The van der Waals surface area contributed by atoms with Crippen LogP contribution in [0.25, 0.3) is 16.7 Å². The highest BCUT2D eigenvalue weighted by Crippen LogP contribution is 2.29. The summed E-state index contributed by atoms with van der Waals surface area (Å²) in [5.74, 6) is -0.0838. The molecule has 3 nitrogen and oxygen atoms in total. The molecular formula is C24H27NO2. The van der Waals surface area contributed by atoms with E-state index in [-0.39, 0.29) is 5.57 Å². The van der Waals surface area contributed by atoms with E-state index < -0.39 is 5.97 Å². The molecule has 1 atom stereocenters. The number of carbonyl (C=O) groups excluding carboxylic acids is 1. The second-order valence-corrected chi connectivity index (χ2v) is 6.70. The summed E-state index contributed by atoms with van der Waals surface area (Å²) >= 11 is 0. The molecule has 0 aliphatic heterocycles. The molecule has 0 aliphatic rings. The molecule has 0 fully saturated rings. The van der Waals surface area contributed by atoms with E-state index in [1.54, 1.807) is 6.07 Å². The number of benzene rings is 2. The number of esters is 1. The Kier molecular flexibility index (Phi) is 7.82. The monoisotopic (exact) mass is 361 g/mol. The van der Waals surface area contributed by atoms with E-state index in [1.807, 2.05) is 42.5 Å². The topological polar surface area (TPSA) is 50.1 Å². The van der Waals surface area contributed by atoms with Crippen LogP contribution < -0.4 is 0 Å². The molecule has 2 aromatic carbocycles. The van der Waals surface area contributed by atoms with E-state index >= 15 is 0 Å². The smallest absolute Gasteiger partial charge is 0.338 e. The fourth-order valence-corrected chi connectivity index (χ4v) is 3.07. The number of rotatable bonds is 9.